The molecule has 114 valence electrons. The molecule has 1 aliphatic heterocycles. The van der Waals surface area contributed by atoms with Gasteiger partial charge in [0.05, 0.1) is 0 Å². The van der Waals surface area contributed by atoms with Crippen LogP contribution in [0.2, 0.25) is 0 Å². The molecule has 1 N–H and O–H groups in total. The average Bonchev–Trinajstić information content (AvgIpc) is 2.43. The first-order valence-corrected chi connectivity index (χ1v) is 8.65. The van der Waals surface area contributed by atoms with Crippen LogP contribution in [0.25, 0.3) is 0 Å². The van der Waals surface area contributed by atoms with Crippen molar-refractivity contribution < 1.29 is 5.11 Å². The van der Waals surface area contributed by atoms with Crippen molar-refractivity contribution in [3.63, 3.8) is 0 Å². The minimum Gasteiger partial charge on any atom is -0.396 e. The number of piperidine rings is 1. The second-order valence-electron chi connectivity index (χ2n) is 6.32. The molecule has 1 atom stereocenters. The molecule has 0 aliphatic carbocycles. The van der Waals surface area contributed by atoms with E-state index >= 15 is 0 Å². The molecule has 19 heavy (non-hydrogen) atoms. The smallest absolute Gasteiger partial charge is 0.0431 e. The van der Waals surface area contributed by atoms with Crippen molar-refractivity contribution in [2.24, 2.45) is 0 Å². The predicted molar refractivity (Wildman–Crippen MR) is 83.5 cm³/mol. The van der Waals surface area contributed by atoms with E-state index in [9.17, 15) is 0 Å². The Hall–Kier alpha value is -0.0800. The number of aliphatic hydroxyl groups excluding tert-OH is 1. The Morgan fingerprint density at radius 3 is 2.00 bits per heavy atom. The minimum absolute atomic E-state index is 0.371. The summed E-state index contributed by atoms with van der Waals surface area (Å²) in [6.07, 6.45) is 17.7. The topological polar surface area (TPSA) is 23.5 Å². The van der Waals surface area contributed by atoms with E-state index in [0.29, 0.717) is 6.61 Å². The third-order valence-corrected chi connectivity index (χ3v) is 4.62. The van der Waals surface area contributed by atoms with Crippen LogP contribution in [0.5, 0.6) is 0 Å². The van der Waals surface area contributed by atoms with Gasteiger partial charge in [-0.3, -0.25) is 0 Å². The highest BCUT2D eigenvalue weighted by molar-refractivity contribution is 4.73. The summed E-state index contributed by atoms with van der Waals surface area (Å²) in [4.78, 5) is 2.57. The molecule has 1 heterocycles. The summed E-state index contributed by atoms with van der Waals surface area (Å²) in [5, 5.41) is 8.69. The molecule has 0 aromatic carbocycles. The second-order valence-corrected chi connectivity index (χ2v) is 6.32. The van der Waals surface area contributed by atoms with Crippen molar-refractivity contribution in [3.8, 4) is 0 Å². The first kappa shape index (κ1) is 17.0. The zero-order chi connectivity index (χ0) is 13.8. The van der Waals surface area contributed by atoms with Gasteiger partial charge < -0.3 is 10.0 Å². The van der Waals surface area contributed by atoms with Crippen LogP contribution in [0, 0.1) is 0 Å². The highest BCUT2D eigenvalue weighted by atomic mass is 16.2. The first-order valence-electron chi connectivity index (χ1n) is 8.65. The highest BCUT2D eigenvalue weighted by Gasteiger charge is 2.17. The summed E-state index contributed by atoms with van der Waals surface area (Å²) in [6, 6.07) is 0.882. The van der Waals surface area contributed by atoms with E-state index in [0.717, 1.165) is 12.5 Å². The van der Waals surface area contributed by atoms with Gasteiger partial charge in [-0.1, -0.05) is 57.8 Å². The maximum absolute atomic E-state index is 8.69. The van der Waals surface area contributed by atoms with Crippen molar-refractivity contribution in [3.05, 3.63) is 0 Å². The van der Waals surface area contributed by atoms with Gasteiger partial charge in [0.25, 0.3) is 0 Å². The molecule has 2 heteroatoms. The molecular weight excluding hydrogens is 234 g/mol. The van der Waals surface area contributed by atoms with Gasteiger partial charge in [0.15, 0.2) is 0 Å². The van der Waals surface area contributed by atoms with E-state index in [-0.39, 0.29) is 0 Å². The van der Waals surface area contributed by atoms with Gasteiger partial charge in [-0.25, -0.2) is 0 Å². The van der Waals surface area contributed by atoms with Gasteiger partial charge in [0, 0.05) is 12.6 Å². The van der Waals surface area contributed by atoms with Gasteiger partial charge in [0.2, 0.25) is 0 Å². The van der Waals surface area contributed by atoms with E-state index in [2.05, 4.69) is 11.9 Å². The summed E-state index contributed by atoms with van der Waals surface area (Å²) >= 11 is 0. The molecule has 0 aromatic heterocycles. The fraction of sp³-hybridized carbons (Fsp3) is 1.00. The van der Waals surface area contributed by atoms with Crippen LogP contribution in [-0.2, 0) is 0 Å². The Bertz CT molecular complexity index is 196. The van der Waals surface area contributed by atoms with Crippen LogP contribution in [0.15, 0.2) is 0 Å². The monoisotopic (exact) mass is 269 g/mol. The number of nitrogens with zero attached hydrogens (tertiary/aromatic N) is 1. The summed E-state index contributed by atoms with van der Waals surface area (Å²) in [6.45, 7) is 1.69. The van der Waals surface area contributed by atoms with Crippen molar-refractivity contribution in [1.82, 2.24) is 4.90 Å². The lowest BCUT2D eigenvalue weighted by atomic mass is 9.97. The molecule has 0 saturated carbocycles. The summed E-state index contributed by atoms with van der Waals surface area (Å²) < 4.78 is 0. The maximum Gasteiger partial charge on any atom is 0.0431 e. The van der Waals surface area contributed by atoms with E-state index < -0.39 is 0 Å². The molecule has 0 radical (unpaired) electrons. The second kappa shape index (κ2) is 11.7. The summed E-state index contributed by atoms with van der Waals surface area (Å²) in [5.74, 6) is 0. The lowest BCUT2D eigenvalue weighted by Gasteiger charge is -2.32. The SMILES string of the molecule is CN1CCCCC1CCCCCCCCCCCO. The Kier molecular flexibility index (Phi) is 10.5. The van der Waals surface area contributed by atoms with Gasteiger partial charge in [0.1, 0.15) is 0 Å². The Morgan fingerprint density at radius 2 is 1.42 bits per heavy atom. The molecule has 1 unspecified atom stereocenters. The number of unbranched alkanes of at least 4 members (excludes halogenated alkanes) is 8. The first-order chi connectivity index (χ1) is 9.34. The normalized spacial score (nSPS) is 20.8. The molecular formula is C17H35NO. The van der Waals surface area contributed by atoms with E-state index in [4.69, 9.17) is 5.11 Å². The number of aliphatic hydroxyl groups is 1. The standard InChI is InChI=1S/C17H35NO/c1-18-15-11-10-14-17(18)13-9-7-5-3-2-4-6-8-12-16-19/h17,19H,2-16H2,1H3. The largest absolute Gasteiger partial charge is 0.396 e. The van der Waals surface area contributed by atoms with Crippen LogP contribution in [0.4, 0.5) is 0 Å². The molecule has 2 nitrogen and oxygen atoms in total. The summed E-state index contributed by atoms with van der Waals surface area (Å²) in [7, 11) is 2.30. The number of likely N-dealkylation sites (tertiary alicyclic amines) is 1. The molecule has 1 rings (SSSR count). The van der Waals surface area contributed by atoms with Crippen molar-refractivity contribution >= 4 is 0 Å². The van der Waals surface area contributed by atoms with Gasteiger partial charge in [-0.2, -0.15) is 0 Å². The average molecular weight is 269 g/mol. The highest BCUT2D eigenvalue weighted by Crippen LogP contribution is 2.20. The third kappa shape index (κ3) is 8.65. The van der Waals surface area contributed by atoms with E-state index in [1.54, 1.807) is 0 Å². The fourth-order valence-corrected chi connectivity index (χ4v) is 3.24. The van der Waals surface area contributed by atoms with Crippen LogP contribution >= 0.6 is 0 Å². The summed E-state index contributed by atoms with van der Waals surface area (Å²) in [5.41, 5.74) is 0. The van der Waals surface area contributed by atoms with Gasteiger partial charge in [-0.15, -0.1) is 0 Å². The lowest BCUT2D eigenvalue weighted by molar-refractivity contribution is 0.173. The van der Waals surface area contributed by atoms with Crippen LogP contribution in [0.1, 0.15) is 83.5 Å². The molecule has 0 bridgehead atoms. The van der Waals surface area contributed by atoms with Crippen molar-refractivity contribution in [1.29, 1.82) is 0 Å². The maximum atomic E-state index is 8.69. The molecule has 0 spiro atoms. The number of rotatable bonds is 11. The van der Waals surface area contributed by atoms with Gasteiger partial charge in [-0.05, 0) is 39.3 Å². The third-order valence-electron chi connectivity index (χ3n) is 4.62. The molecule has 1 fully saturated rings. The minimum atomic E-state index is 0.371. The van der Waals surface area contributed by atoms with Crippen LogP contribution in [-0.4, -0.2) is 36.2 Å². The fourth-order valence-electron chi connectivity index (χ4n) is 3.24. The van der Waals surface area contributed by atoms with Crippen LogP contribution in [0.3, 0.4) is 0 Å². The number of hydrogen-bond acceptors (Lipinski definition) is 2. The Labute approximate surface area is 120 Å². The van der Waals surface area contributed by atoms with Crippen LogP contribution < -0.4 is 0 Å². The Balaban J connectivity index is 1.80. The Morgan fingerprint density at radius 1 is 0.842 bits per heavy atom. The zero-order valence-corrected chi connectivity index (χ0v) is 13.1. The molecule has 1 saturated heterocycles. The quantitative estimate of drug-likeness (QED) is 0.563. The molecule has 0 amide bonds. The zero-order valence-electron chi connectivity index (χ0n) is 13.1. The van der Waals surface area contributed by atoms with Crippen molar-refractivity contribution in [2.45, 2.75) is 89.5 Å². The molecule has 1 aliphatic rings. The van der Waals surface area contributed by atoms with Gasteiger partial charge >= 0.3 is 0 Å². The molecule has 0 aromatic rings. The van der Waals surface area contributed by atoms with E-state index in [1.165, 1.54) is 83.6 Å². The predicted octanol–water partition coefficient (Wildman–Crippen LogP) is 4.36. The van der Waals surface area contributed by atoms with E-state index in [1.807, 2.05) is 0 Å². The number of hydrogen-bond donors (Lipinski definition) is 1. The lowest BCUT2D eigenvalue weighted by Crippen LogP contribution is -2.35. The van der Waals surface area contributed by atoms with Crippen molar-refractivity contribution in [2.75, 3.05) is 20.2 Å².